The summed E-state index contributed by atoms with van der Waals surface area (Å²) in [5.41, 5.74) is 1.02. The Morgan fingerprint density at radius 3 is 2.93 bits per heavy atom. The van der Waals surface area contributed by atoms with Gasteiger partial charge in [0.1, 0.15) is 10.0 Å². The summed E-state index contributed by atoms with van der Waals surface area (Å²) in [6, 6.07) is 4.13. The van der Waals surface area contributed by atoms with Crippen molar-refractivity contribution in [1.29, 1.82) is 0 Å². The highest BCUT2D eigenvalue weighted by atomic mass is 32.1. The van der Waals surface area contributed by atoms with Crippen LogP contribution in [0.4, 0.5) is 0 Å². The van der Waals surface area contributed by atoms with Crippen molar-refractivity contribution in [3.8, 4) is 10.6 Å². The molecule has 0 amide bonds. The first-order chi connectivity index (χ1) is 7.31. The van der Waals surface area contributed by atoms with Gasteiger partial charge in [0.25, 0.3) is 0 Å². The molecule has 0 aromatic carbocycles. The summed E-state index contributed by atoms with van der Waals surface area (Å²) < 4.78 is 0. The average Bonchev–Trinajstić information content (AvgIpc) is 2.78. The van der Waals surface area contributed by atoms with Crippen molar-refractivity contribution in [3.63, 3.8) is 0 Å². The summed E-state index contributed by atoms with van der Waals surface area (Å²) in [7, 11) is 1.91. The zero-order valence-electron chi connectivity index (χ0n) is 8.64. The molecule has 0 aliphatic carbocycles. The first kappa shape index (κ1) is 10.2. The van der Waals surface area contributed by atoms with Gasteiger partial charge in [0.05, 0.1) is 6.04 Å². The third-order valence-corrected chi connectivity index (χ3v) is 3.31. The van der Waals surface area contributed by atoms with E-state index < -0.39 is 0 Å². The molecule has 0 radical (unpaired) electrons. The van der Waals surface area contributed by atoms with Gasteiger partial charge in [-0.15, -0.1) is 10.2 Å². The van der Waals surface area contributed by atoms with Crippen LogP contribution in [0.3, 0.4) is 0 Å². The van der Waals surface area contributed by atoms with E-state index in [0.29, 0.717) is 0 Å². The molecule has 0 saturated heterocycles. The van der Waals surface area contributed by atoms with Crippen LogP contribution in [0.1, 0.15) is 18.0 Å². The highest BCUT2D eigenvalue weighted by molar-refractivity contribution is 7.14. The van der Waals surface area contributed by atoms with Crippen molar-refractivity contribution in [2.75, 3.05) is 7.05 Å². The minimum atomic E-state index is 0.243. The van der Waals surface area contributed by atoms with Crippen molar-refractivity contribution in [2.45, 2.75) is 13.0 Å². The molecule has 0 bridgehead atoms. The third kappa shape index (κ3) is 2.19. The minimum Gasteiger partial charge on any atom is -0.311 e. The Kier molecular flexibility index (Phi) is 3.03. The molecule has 0 spiro atoms. The fourth-order valence-corrected chi connectivity index (χ4v) is 2.03. The van der Waals surface area contributed by atoms with Crippen molar-refractivity contribution < 1.29 is 0 Å². The predicted molar refractivity (Wildman–Crippen MR) is 60.6 cm³/mol. The van der Waals surface area contributed by atoms with E-state index in [9.17, 15) is 0 Å². The topological polar surface area (TPSA) is 50.7 Å². The van der Waals surface area contributed by atoms with Crippen LogP contribution in [0.15, 0.2) is 24.5 Å². The summed E-state index contributed by atoms with van der Waals surface area (Å²) in [5, 5.41) is 13.3. The van der Waals surface area contributed by atoms with E-state index in [4.69, 9.17) is 0 Å². The van der Waals surface area contributed by atoms with Gasteiger partial charge in [0, 0.05) is 18.0 Å². The molecule has 0 aliphatic rings. The van der Waals surface area contributed by atoms with Gasteiger partial charge in [-0.25, -0.2) is 0 Å². The summed E-state index contributed by atoms with van der Waals surface area (Å²) in [6.07, 6.45) is 3.55. The van der Waals surface area contributed by atoms with Gasteiger partial charge >= 0.3 is 0 Å². The zero-order valence-corrected chi connectivity index (χ0v) is 9.45. The van der Waals surface area contributed by atoms with Crippen LogP contribution < -0.4 is 5.32 Å². The SMILES string of the molecule is CNC(C)c1nnc(-c2cccnc2)s1. The molecule has 5 heteroatoms. The average molecular weight is 220 g/mol. The molecule has 1 unspecified atom stereocenters. The highest BCUT2D eigenvalue weighted by Crippen LogP contribution is 2.25. The minimum absolute atomic E-state index is 0.243. The molecular formula is C10H12N4S. The second-order valence-electron chi connectivity index (χ2n) is 3.20. The molecule has 2 rings (SSSR count). The smallest absolute Gasteiger partial charge is 0.149 e. The van der Waals surface area contributed by atoms with Crippen LogP contribution in [-0.2, 0) is 0 Å². The lowest BCUT2D eigenvalue weighted by molar-refractivity contribution is 0.640. The number of pyridine rings is 1. The summed E-state index contributed by atoms with van der Waals surface area (Å²) in [6.45, 7) is 2.06. The number of rotatable bonds is 3. The predicted octanol–water partition coefficient (Wildman–Crippen LogP) is 1.88. The first-order valence-corrected chi connectivity index (χ1v) is 5.54. The van der Waals surface area contributed by atoms with Crippen LogP contribution in [0.2, 0.25) is 0 Å². The highest BCUT2D eigenvalue weighted by Gasteiger charge is 2.10. The maximum atomic E-state index is 4.14. The van der Waals surface area contributed by atoms with Crippen LogP contribution in [0.5, 0.6) is 0 Å². The van der Waals surface area contributed by atoms with Crippen LogP contribution in [-0.4, -0.2) is 22.2 Å². The van der Waals surface area contributed by atoms with Crippen molar-refractivity contribution in [2.24, 2.45) is 0 Å². The lowest BCUT2D eigenvalue weighted by atomic mass is 10.3. The Labute approximate surface area is 92.4 Å². The summed E-state index contributed by atoms with van der Waals surface area (Å²) in [5.74, 6) is 0. The molecule has 0 saturated carbocycles. The third-order valence-electron chi connectivity index (χ3n) is 2.15. The molecule has 0 aliphatic heterocycles. The number of aromatic nitrogens is 3. The number of hydrogen-bond donors (Lipinski definition) is 1. The number of nitrogens with one attached hydrogen (secondary N) is 1. The summed E-state index contributed by atoms with van der Waals surface area (Å²) in [4.78, 5) is 4.06. The Morgan fingerprint density at radius 1 is 1.40 bits per heavy atom. The van der Waals surface area contributed by atoms with E-state index >= 15 is 0 Å². The fourth-order valence-electron chi connectivity index (χ4n) is 1.14. The second-order valence-corrected chi connectivity index (χ2v) is 4.21. The Bertz CT molecular complexity index is 426. The van der Waals surface area contributed by atoms with Crippen molar-refractivity contribution in [1.82, 2.24) is 20.5 Å². The lowest BCUT2D eigenvalue weighted by Gasteiger charge is -2.02. The molecule has 1 atom stereocenters. The molecule has 78 valence electrons. The monoisotopic (exact) mass is 220 g/mol. The van der Waals surface area contributed by atoms with E-state index in [1.54, 1.807) is 23.7 Å². The van der Waals surface area contributed by atoms with Gasteiger partial charge in [-0.1, -0.05) is 11.3 Å². The maximum Gasteiger partial charge on any atom is 0.149 e. The Morgan fingerprint density at radius 2 is 2.27 bits per heavy atom. The van der Waals surface area contributed by atoms with Crippen molar-refractivity contribution in [3.05, 3.63) is 29.5 Å². The number of hydrogen-bond acceptors (Lipinski definition) is 5. The van der Waals surface area contributed by atoms with Crippen LogP contribution in [0.25, 0.3) is 10.6 Å². The van der Waals surface area contributed by atoms with Gasteiger partial charge in [0.2, 0.25) is 0 Å². The van der Waals surface area contributed by atoms with E-state index in [1.807, 2.05) is 19.2 Å². The lowest BCUT2D eigenvalue weighted by Crippen LogP contribution is -2.11. The van der Waals surface area contributed by atoms with Gasteiger partial charge in [-0.3, -0.25) is 4.98 Å². The molecular weight excluding hydrogens is 208 g/mol. The molecule has 4 nitrogen and oxygen atoms in total. The number of nitrogens with zero attached hydrogens (tertiary/aromatic N) is 3. The van der Waals surface area contributed by atoms with E-state index in [2.05, 4.69) is 27.4 Å². The fraction of sp³-hybridized carbons (Fsp3) is 0.300. The Hall–Kier alpha value is -1.33. The van der Waals surface area contributed by atoms with E-state index in [1.165, 1.54) is 0 Å². The molecule has 15 heavy (non-hydrogen) atoms. The van der Waals surface area contributed by atoms with Gasteiger partial charge in [-0.2, -0.15) is 0 Å². The zero-order chi connectivity index (χ0) is 10.7. The largest absolute Gasteiger partial charge is 0.311 e. The van der Waals surface area contributed by atoms with Crippen LogP contribution in [0, 0.1) is 0 Å². The van der Waals surface area contributed by atoms with Gasteiger partial charge in [-0.05, 0) is 26.1 Å². The van der Waals surface area contributed by atoms with Crippen molar-refractivity contribution >= 4 is 11.3 Å². The molecule has 2 heterocycles. The molecule has 2 aromatic heterocycles. The van der Waals surface area contributed by atoms with Gasteiger partial charge in [0.15, 0.2) is 0 Å². The summed E-state index contributed by atoms with van der Waals surface area (Å²) >= 11 is 1.59. The normalized spacial score (nSPS) is 12.7. The molecule has 2 aromatic rings. The van der Waals surface area contributed by atoms with E-state index in [-0.39, 0.29) is 6.04 Å². The first-order valence-electron chi connectivity index (χ1n) is 4.72. The molecule has 0 fully saturated rings. The van der Waals surface area contributed by atoms with Crippen LogP contribution >= 0.6 is 11.3 Å². The second kappa shape index (κ2) is 4.46. The Balaban J connectivity index is 2.28. The quantitative estimate of drug-likeness (QED) is 0.858. The maximum absolute atomic E-state index is 4.14. The standard InChI is InChI=1S/C10H12N4S/c1-7(11-2)9-13-14-10(15-9)8-4-3-5-12-6-8/h3-7,11H,1-2H3. The van der Waals surface area contributed by atoms with E-state index in [0.717, 1.165) is 15.6 Å². The molecule has 1 N–H and O–H groups in total. The van der Waals surface area contributed by atoms with Gasteiger partial charge < -0.3 is 5.32 Å².